The molecular weight excluding hydrogens is 268 g/mol. The van der Waals surface area contributed by atoms with E-state index in [0.29, 0.717) is 5.75 Å². The van der Waals surface area contributed by atoms with Gasteiger partial charge in [-0.25, -0.2) is 0 Å². The SMILES string of the molecule is Cc1cccc(OCC(C(=O)O)c2ccc(Cl)o2)c1. The first-order valence-corrected chi connectivity index (χ1v) is 6.11. The molecule has 1 unspecified atom stereocenters. The maximum Gasteiger partial charge on any atom is 0.317 e. The van der Waals surface area contributed by atoms with E-state index in [2.05, 4.69) is 0 Å². The Bertz CT molecular complexity index is 576. The lowest BCUT2D eigenvalue weighted by Crippen LogP contribution is -2.19. The molecule has 0 amide bonds. The zero-order valence-corrected chi connectivity index (χ0v) is 11.1. The Morgan fingerprint density at radius 3 is 2.79 bits per heavy atom. The number of furan rings is 1. The van der Waals surface area contributed by atoms with Gasteiger partial charge in [-0.2, -0.15) is 0 Å². The van der Waals surface area contributed by atoms with Gasteiger partial charge in [-0.15, -0.1) is 0 Å². The standard InChI is InChI=1S/C14H13ClO4/c1-9-3-2-4-10(7-9)18-8-11(14(16)17)12-5-6-13(15)19-12/h2-7,11H,8H2,1H3,(H,16,17). The number of halogens is 1. The summed E-state index contributed by atoms with van der Waals surface area (Å²) in [5.74, 6) is -0.985. The zero-order valence-electron chi connectivity index (χ0n) is 10.3. The van der Waals surface area contributed by atoms with Gasteiger partial charge in [-0.3, -0.25) is 4.79 Å². The number of rotatable bonds is 5. The van der Waals surface area contributed by atoms with Crippen molar-refractivity contribution in [1.29, 1.82) is 0 Å². The van der Waals surface area contributed by atoms with E-state index in [1.54, 1.807) is 12.1 Å². The molecule has 0 spiro atoms. The van der Waals surface area contributed by atoms with Crippen LogP contribution in [-0.4, -0.2) is 17.7 Å². The lowest BCUT2D eigenvalue weighted by atomic mass is 10.1. The molecule has 1 aromatic heterocycles. The Hall–Kier alpha value is -1.94. The van der Waals surface area contributed by atoms with Gasteiger partial charge in [0.1, 0.15) is 24.0 Å². The van der Waals surface area contributed by atoms with Crippen molar-refractivity contribution in [2.24, 2.45) is 0 Å². The monoisotopic (exact) mass is 280 g/mol. The summed E-state index contributed by atoms with van der Waals surface area (Å²) < 4.78 is 10.6. The molecule has 2 aromatic rings. The molecule has 2 rings (SSSR count). The summed E-state index contributed by atoms with van der Waals surface area (Å²) in [5.41, 5.74) is 1.05. The molecule has 1 heterocycles. The third-order valence-electron chi connectivity index (χ3n) is 2.64. The summed E-state index contributed by atoms with van der Waals surface area (Å²) in [6.45, 7) is 1.93. The van der Waals surface area contributed by atoms with Gasteiger partial charge in [0, 0.05) is 0 Å². The van der Waals surface area contributed by atoms with Gasteiger partial charge in [-0.1, -0.05) is 12.1 Å². The molecule has 0 aliphatic carbocycles. The molecule has 5 heteroatoms. The Labute approximate surface area is 115 Å². The van der Waals surface area contributed by atoms with Gasteiger partial charge >= 0.3 is 5.97 Å². The highest BCUT2D eigenvalue weighted by molar-refractivity contribution is 6.28. The van der Waals surface area contributed by atoms with Gasteiger partial charge < -0.3 is 14.3 Å². The van der Waals surface area contributed by atoms with Crippen molar-refractivity contribution in [2.45, 2.75) is 12.8 Å². The fourth-order valence-corrected chi connectivity index (χ4v) is 1.83. The minimum atomic E-state index is -1.02. The van der Waals surface area contributed by atoms with E-state index in [9.17, 15) is 9.90 Å². The van der Waals surface area contributed by atoms with Crippen LogP contribution in [0.1, 0.15) is 17.2 Å². The second-order valence-corrected chi connectivity index (χ2v) is 4.53. The van der Waals surface area contributed by atoms with E-state index in [1.165, 1.54) is 6.07 Å². The summed E-state index contributed by atoms with van der Waals surface area (Å²) in [6, 6.07) is 10.5. The largest absolute Gasteiger partial charge is 0.492 e. The highest BCUT2D eigenvalue weighted by Crippen LogP contribution is 2.23. The first-order chi connectivity index (χ1) is 9.06. The van der Waals surface area contributed by atoms with Crippen LogP contribution in [0.3, 0.4) is 0 Å². The molecule has 19 heavy (non-hydrogen) atoms. The quantitative estimate of drug-likeness (QED) is 0.911. The number of aryl methyl sites for hydroxylation is 1. The van der Waals surface area contributed by atoms with Gasteiger partial charge in [-0.05, 0) is 48.4 Å². The third-order valence-corrected chi connectivity index (χ3v) is 2.84. The lowest BCUT2D eigenvalue weighted by Gasteiger charge is -2.12. The molecule has 100 valence electrons. The van der Waals surface area contributed by atoms with E-state index >= 15 is 0 Å². The Balaban J connectivity index is 2.08. The number of hydrogen-bond donors (Lipinski definition) is 1. The minimum absolute atomic E-state index is 0.0113. The van der Waals surface area contributed by atoms with E-state index in [4.69, 9.17) is 20.8 Å². The summed E-state index contributed by atoms with van der Waals surface area (Å²) in [5, 5.41) is 9.35. The van der Waals surface area contributed by atoms with Crippen LogP contribution in [0.25, 0.3) is 0 Å². The predicted octanol–water partition coefficient (Wildman–Crippen LogP) is 3.49. The van der Waals surface area contributed by atoms with Crippen LogP contribution in [0.15, 0.2) is 40.8 Å². The fraction of sp³-hybridized carbons (Fsp3) is 0.214. The number of hydrogen-bond acceptors (Lipinski definition) is 3. The Kier molecular flexibility index (Phi) is 4.12. The van der Waals surface area contributed by atoms with Crippen molar-refractivity contribution in [3.63, 3.8) is 0 Å². The molecule has 0 aliphatic heterocycles. The van der Waals surface area contributed by atoms with Gasteiger partial charge in [0.15, 0.2) is 5.22 Å². The number of aliphatic carboxylic acids is 1. The highest BCUT2D eigenvalue weighted by Gasteiger charge is 2.24. The molecule has 4 nitrogen and oxygen atoms in total. The second kappa shape index (κ2) is 5.80. The van der Waals surface area contributed by atoms with Crippen LogP contribution < -0.4 is 4.74 Å². The lowest BCUT2D eigenvalue weighted by molar-refractivity contribution is -0.140. The van der Waals surface area contributed by atoms with Crippen molar-refractivity contribution < 1.29 is 19.1 Å². The van der Waals surface area contributed by atoms with Crippen LogP contribution in [-0.2, 0) is 4.79 Å². The first-order valence-electron chi connectivity index (χ1n) is 5.74. The maximum absolute atomic E-state index is 11.2. The van der Waals surface area contributed by atoms with Crippen LogP contribution in [0.4, 0.5) is 0 Å². The van der Waals surface area contributed by atoms with Crippen molar-refractivity contribution >= 4 is 17.6 Å². The van der Waals surface area contributed by atoms with Crippen LogP contribution >= 0.6 is 11.6 Å². The van der Waals surface area contributed by atoms with Gasteiger partial charge in [0.2, 0.25) is 0 Å². The number of carboxylic acids is 1. The average Bonchev–Trinajstić information content (AvgIpc) is 2.76. The molecule has 0 aliphatic rings. The zero-order chi connectivity index (χ0) is 13.8. The topological polar surface area (TPSA) is 59.7 Å². The molecule has 0 saturated heterocycles. The normalized spacial score (nSPS) is 12.1. The molecule has 1 N–H and O–H groups in total. The highest BCUT2D eigenvalue weighted by atomic mass is 35.5. The minimum Gasteiger partial charge on any atom is -0.492 e. The summed E-state index contributed by atoms with van der Waals surface area (Å²) in [6.07, 6.45) is 0. The van der Waals surface area contributed by atoms with Crippen molar-refractivity contribution in [1.82, 2.24) is 0 Å². The number of benzene rings is 1. The molecule has 0 fully saturated rings. The smallest absolute Gasteiger partial charge is 0.317 e. The third kappa shape index (κ3) is 3.51. The molecular formula is C14H13ClO4. The molecule has 0 bridgehead atoms. The molecule has 0 radical (unpaired) electrons. The van der Waals surface area contributed by atoms with Gasteiger partial charge in [0.05, 0.1) is 0 Å². The second-order valence-electron chi connectivity index (χ2n) is 4.16. The van der Waals surface area contributed by atoms with Gasteiger partial charge in [0.25, 0.3) is 0 Å². The van der Waals surface area contributed by atoms with E-state index in [0.717, 1.165) is 5.56 Å². The van der Waals surface area contributed by atoms with Crippen molar-refractivity contribution in [3.8, 4) is 5.75 Å². The van der Waals surface area contributed by atoms with E-state index in [-0.39, 0.29) is 17.6 Å². The number of carbonyl (C=O) groups is 1. The first kappa shape index (κ1) is 13.5. The maximum atomic E-state index is 11.2. The average molecular weight is 281 g/mol. The number of carboxylic acid groups (broad SMARTS) is 1. The van der Waals surface area contributed by atoms with Crippen LogP contribution in [0.5, 0.6) is 5.75 Å². The Morgan fingerprint density at radius 1 is 1.42 bits per heavy atom. The predicted molar refractivity (Wildman–Crippen MR) is 70.8 cm³/mol. The summed E-state index contributed by atoms with van der Waals surface area (Å²) >= 11 is 5.65. The van der Waals surface area contributed by atoms with Crippen LogP contribution in [0.2, 0.25) is 5.22 Å². The summed E-state index contributed by atoms with van der Waals surface area (Å²) in [7, 11) is 0. The fourth-order valence-electron chi connectivity index (χ4n) is 1.68. The molecule has 1 atom stereocenters. The van der Waals surface area contributed by atoms with Crippen molar-refractivity contribution in [2.75, 3.05) is 6.61 Å². The molecule has 1 aromatic carbocycles. The number of ether oxygens (including phenoxy) is 1. The Morgan fingerprint density at radius 2 is 2.21 bits per heavy atom. The summed E-state index contributed by atoms with van der Waals surface area (Å²) in [4.78, 5) is 11.2. The van der Waals surface area contributed by atoms with Crippen molar-refractivity contribution in [3.05, 3.63) is 52.9 Å². The molecule has 0 saturated carbocycles. The van der Waals surface area contributed by atoms with Crippen LogP contribution in [0, 0.1) is 6.92 Å². The van der Waals surface area contributed by atoms with E-state index < -0.39 is 11.9 Å². The van der Waals surface area contributed by atoms with E-state index in [1.807, 2.05) is 25.1 Å².